The van der Waals surface area contributed by atoms with Crippen molar-refractivity contribution in [2.75, 3.05) is 7.11 Å². The Labute approximate surface area is 133 Å². The summed E-state index contributed by atoms with van der Waals surface area (Å²) in [4.78, 5) is 23.5. The van der Waals surface area contributed by atoms with E-state index in [2.05, 4.69) is 5.32 Å². The average Bonchev–Trinajstić information content (AvgIpc) is 2.38. The van der Waals surface area contributed by atoms with Gasteiger partial charge >= 0.3 is 5.97 Å². The number of carbonyl (C=O) groups is 2. The highest BCUT2D eigenvalue weighted by atomic mass is 35.5. The molecule has 116 valence electrons. The molecule has 1 amide bonds. The molecule has 1 rings (SSSR count). The monoisotopic (exact) mass is 333 g/mol. The third kappa shape index (κ3) is 4.02. The van der Waals surface area contributed by atoms with Crippen molar-refractivity contribution in [3.8, 4) is 5.75 Å². The van der Waals surface area contributed by atoms with Crippen LogP contribution in [0.4, 0.5) is 0 Å². The number of amides is 1. The van der Waals surface area contributed by atoms with Crippen LogP contribution < -0.4 is 10.1 Å². The molecule has 1 atom stereocenters. The molecule has 0 saturated heterocycles. The van der Waals surface area contributed by atoms with Crippen LogP contribution in [0, 0.1) is 0 Å². The summed E-state index contributed by atoms with van der Waals surface area (Å²) < 4.78 is 5.00. The molecule has 1 aromatic rings. The number of carboxylic acid groups (broad SMARTS) is 1. The van der Waals surface area contributed by atoms with Gasteiger partial charge < -0.3 is 15.2 Å². The molecule has 0 aromatic heterocycles. The van der Waals surface area contributed by atoms with Crippen LogP contribution in [0.5, 0.6) is 5.75 Å². The first kappa shape index (κ1) is 17.6. The van der Waals surface area contributed by atoms with Gasteiger partial charge in [-0.1, -0.05) is 36.5 Å². The Bertz CT molecular complexity index is 539. The summed E-state index contributed by atoms with van der Waals surface area (Å²) in [6.07, 6.45) is 0.929. The minimum absolute atomic E-state index is 0.175. The molecule has 0 saturated carbocycles. The summed E-state index contributed by atoms with van der Waals surface area (Å²) in [5.74, 6) is -1.38. The van der Waals surface area contributed by atoms with Gasteiger partial charge in [-0.3, -0.25) is 4.79 Å². The number of nitrogens with one attached hydrogen (secondary N) is 1. The van der Waals surface area contributed by atoms with E-state index in [1.165, 1.54) is 26.2 Å². The Morgan fingerprint density at radius 2 is 1.86 bits per heavy atom. The summed E-state index contributed by atoms with van der Waals surface area (Å²) in [6, 6.07) is 2.77. The highest BCUT2D eigenvalue weighted by Crippen LogP contribution is 2.33. The molecule has 21 heavy (non-hydrogen) atoms. The van der Waals surface area contributed by atoms with E-state index in [0.717, 1.165) is 0 Å². The normalized spacial score (nSPS) is 13.4. The first-order valence-corrected chi connectivity index (χ1v) is 7.09. The number of halogens is 2. The van der Waals surface area contributed by atoms with Crippen LogP contribution in [0.3, 0.4) is 0 Å². The number of rotatable bonds is 6. The van der Waals surface area contributed by atoms with E-state index in [0.29, 0.717) is 12.8 Å². The molecule has 0 aliphatic heterocycles. The molecular weight excluding hydrogens is 317 g/mol. The van der Waals surface area contributed by atoms with Crippen LogP contribution >= 0.6 is 23.2 Å². The summed E-state index contributed by atoms with van der Waals surface area (Å²) >= 11 is 11.9. The highest BCUT2D eigenvalue weighted by Gasteiger charge is 2.34. The number of benzene rings is 1. The second-order valence-electron chi connectivity index (χ2n) is 4.81. The van der Waals surface area contributed by atoms with E-state index in [9.17, 15) is 14.7 Å². The van der Waals surface area contributed by atoms with E-state index in [4.69, 9.17) is 27.9 Å². The highest BCUT2D eigenvalue weighted by molar-refractivity contribution is 6.37. The number of hydrogen-bond donors (Lipinski definition) is 2. The lowest BCUT2D eigenvalue weighted by Crippen LogP contribution is -2.52. The quantitative estimate of drug-likeness (QED) is 0.836. The standard InChI is InChI=1S/C14H17Cl2NO4/c1-4-5-14(2,13(19)20)17-12(18)8-6-9(15)11(21-3)10(16)7-8/h6-7H,4-5H2,1-3H3,(H,17,18)(H,19,20). The van der Waals surface area contributed by atoms with Gasteiger partial charge in [-0.25, -0.2) is 4.79 Å². The number of methoxy groups -OCH3 is 1. The molecular formula is C14H17Cl2NO4. The lowest BCUT2D eigenvalue weighted by Gasteiger charge is -2.26. The van der Waals surface area contributed by atoms with Crippen LogP contribution in [-0.4, -0.2) is 29.6 Å². The maximum Gasteiger partial charge on any atom is 0.329 e. The van der Waals surface area contributed by atoms with Gasteiger partial charge in [0, 0.05) is 5.56 Å². The fraction of sp³-hybridized carbons (Fsp3) is 0.429. The molecule has 0 radical (unpaired) electrons. The third-order valence-electron chi connectivity index (χ3n) is 3.08. The number of hydrogen-bond acceptors (Lipinski definition) is 3. The van der Waals surface area contributed by atoms with E-state index in [1.54, 1.807) is 0 Å². The average molecular weight is 334 g/mol. The molecule has 0 spiro atoms. The van der Waals surface area contributed by atoms with Crippen molar-refractivity contribution in [1.29, 1.82) is 0 Å². The second kappa shape index (κ2) is 7.00. The Morgan fingerprint density at radius 3 is 2.24 bits per heavy atom. The van der Waals surface area contributed by atoms with Gasteiger partial charge in [-0.15, -0.1) is 0 Å². The first-order valence-electron chi connectivity index (χ1n) is 6.34. The van der Waals surface area contributed by atoms with Gasteiger partial charge in [-0.05, 0) is 25.5 Å². The Kier molecular flexibility index (Phi) is 5.87. The molecule has 1 aromatic carbocycles. The van der Waals surface area contributed by atoms with Gasteiger partial charge in [0.25, 0.3) is 5.91 Å². The molecule has 2 N–H and O–H groups in total. The molecule has 0 fully saturated rings. The molecule has 5 nitrogen and oxygen atoms in total. The summed E-state index contributed by atoms with van der Waals surface area (Å²) in [5, 5.41) is 12.1. The van der Waals surface area contributed by atoms with E-state index in [-0.39, 0.29) is 21.4 Å². The zero-order chi connectivity index (χ0) is 16.2. The minimum Gasteiger partial charge on any atom is -0.494 e. The van der Waals surface area contributed by atoms with Crippen LogP contribution in [0.25, 0.3) is 0 Å². The van der Waals surface area contributed by atoms with Gasteiger partial charge in [0.1, 0.15) is 5.54 Å². The lowest BCUT2D eigenvalue weighted by atomic mass is 9.95. The largest absolute Gasteiger partial charge is 0.494 e. The first-order chi connectivity index (χ1) is 9.75. The van der Waals surface area contributed by atoms with Crippen LogP contribution in [0.15, 0.2) is 12.1 Å². The van der Waals surface area contributed by atoms with Crippen molar-refractivity contribution in [3.05, 3.63) is 27.7 Å². The number of aliphatic carboxylic acids is 1. The smallest absolute Gasteiger partial charge is 0.329 e. The third-order valence-corrected chi connectivity index (χ3v) is 3.64. The fourth-order valence-electron chi connectivity index (χ4n) is 1.93. The maximum atomic E-state index is 12.2. The van der Waals surface area contributed by atoms with Crippen LogP contribution in [0.2, 0.25) is 10.0 Å². The van der Waals surface area contributed by atoms with Crippen molar-refractivity contribution < 1.29 is 19.4 Å². The molecule has 1 unspecified atom stereocenters. The van der Waals surface area contributed by atoms with Crippen molar-refractivity contribution >= 4 is 35.1 Å². The zero-order valence-corrected chi connectivity index (χ0v) is 13.5. The van der Waals surface area contributed by atoms with E-state index < -0.39 is 17.4 Å². The van der Waals surface area contributed by atoms with E-state index >= 15 is 0 Å². The Balaban J connectivity index is 3.07. The minimum atomic E-state index is -1.34. The van der Waals surface area contributed by atoms with Gasteiger partial charge in [0.05, 0.1) is 17.2 Å². The van der Waals surface area contributed by atoms with Crippen molar-refractivity contribution in [2.24, 2.45) is 0 Å². The van der Waals surface area contributed by atoms with Crippen molar-refractivity contribution in [3.63, 3.8) is 0 Å². The summed E-state index contributed by atoms with van der Waals surface area (Å²) in [7, 11) is 1.41. The second-order valence-corrected chi connectivity index (χ2v) is 5.63. The molecule has 0 aliphatic rings. The van der Waals surface area contributed by atoms with Crippen molar-refractivity contribution in [2.45, 2.75) is 32.2 Å². The van der Waals surface area contributed by atoms with Gasteiger partial charge in [0.15, 0.2) is 5.75 Å². The van der Waals surface area contributed by atoms with Gasteiger partial charge in [0.2, 0.25) is 0 Å². The molecule has 0 aliphatic carbocycles. The molecule has 7 heteroatoms. The molecule has 0 heterocycles. The van der Waals surface area contributed by atoms with Crippen molar-refractivity contribution in [1.82, 2.24) is 5.32 Å². The van der Waals surface area contributed by atoms with Gasteiger partial charge in [-0.2, -0.15) is 0 Å². The SMILES string of the molecule is CCCC(C)(NC(=O)c1cc(Cl)c(OC)c(Cl)c1)C(=O)O. The Hall–Kier alpha value is -1.46. The lowest BCUT2D eigenvalue weighted by molar-refractivity contribution is -0.144. The number of carbonyl (C=O) groups excluding carboxylic acids is 1. The van der Waals surface area contributed by atoms with Crippen LogP contribution in [0.1, 0.15) is 37.0 Å². The molecule has 0 bridgehead atoms. The topological polar surface area (TPSA) is 75.6 Å². The predicted molar refractivity (Wildman–Crippen MR) is 81.4 cm³/mol. The zero-order valence-electron chi connectivity index (χ0n) is 12.0. The summed E-state index contributed by atoms with van der Waals surface area (Å²) in [6.45, 7) is 3.30. The number of ether oxygens (including phenoxy) is 1. The van der Waals surface area contributed by atoms with E-state index in [1.807, 2.05) is 6.92 Å². The fourth-order valence-corrected chi connectivity index (χ4v) is 2.57. The predicted octanol–water partition coefficient (Wildman–Crippen LogP) is 3.38. The summed E-state index contributed by atoms with van der Waals surface area (Å²) in [5.41, 5.74) is -1.17. The Morgan fingerprint density at radius 1 is 1.33 bits per heavy atom. The number of carboxylic acids is 1. The maximum absolute atomic E-state index is 12.2. The van der Waals surface area contributed by atoms with Crippen LogP contribution in [-0.2, 0) is 4.79 Å².